The summed E-state index contributed by atoms with van der Waals surface area (Å²) in [4.78, 5) is 11.9. The largest absolute Gasteiger partial charge is 0.379 e. The number of amides is 1. The van der Waals surface area contributed by atoms with E-state index in [2.05, 4.69) is 22.5 Å². The number of hydrogen-bond donors (Lipinski definition) is 1. The lowest BCUT2D eigenvalue weighted by Crippen LogP contribution is -2.14. The van der Waals surface area contributed by atoms with Gasteiger partial charge in [0.15, 0.2) is 0 Å². The predicted molar refractivity (Wildman–Crippen MR) is 87.9 cm³/mol. The molecule has 0 radical (unpaired) electrons. The molecular weight excluding hydrogens is 298 g/mol. The fourth-order valence-corrected chi connectivity index (χ4v) is 3.15. The van der Waals surface area contributed by atoms with Gasteiger partial charge < -0.3 is 10.1 Å². The number of nitrogens with zero attached hydrogens (tertiary/aromatic N) is 2. The van der Waals surface area contributed by atoms with Gasteiger partial charge in [0.2, 0.25) is 5.91 Å². The summed E-state index contributed by atoms with van der Waals surface area (Å²) < 4.78 is 7.22. The van der Waals surface area contributed by atoms with Gasteiger partial charge in [-0.2, -0.15) is 5.10 Å². The van der Waals surface area contributed by atoms with Crippen molar-refractivity contribution >= 4 is 23.4 Å². The minimum Gasteiger partial charge on any atom is -0.379 e. The normalized spacial score (nSPS) is 17.5. The van der Waals surface area contributed by atoms with E-state index in [0.717, 1.165) is 24.5 Å². The maximum atomic E-state index is 11.9. The van der Waals surface area contributed by atoms with E-state index >= 15 is 0 Å². The van der Waals surface area contributed by atoms with Gasteiger partial charge in [0.25, 0.3) is 0 Å². The SMILES string of the molecule is O=C(CSCc1ccccc1)Nc1cnn(C2CCOC2)c1. The molecule has 1 atom stereocenters. The molecule has 6 heteroatoms. The molecule has 0 aliphatic carbocycles. The summed E-state index contributed by atoms with van der Waals surface area (Å²) in [7, 11) is 0. The van der Waals surface area contributed by atoms with Crippen LogP contribution in [0.4, 0.5) is 5.69 Å². The molecule has 1 aliphatic heterocycles. The number of nitrogens with one attached hydrogen (secondary N) is 1. The molecule has 3 rings (SSSR count). The second-order valence-corrected chi connectivity index (χ2v) is 6.24. The van der Waals surface area contributed by atoms with Gasteiger partial charge in [-0.15, -0.1) is 11.8 Å². The molecule has 0 spiro atoms. The second-order valence-electron chi connectivity index (χ2n) is 5.25. The molecule has 2 heterocycles. The first kappa shape index (κ1) is 15.1. The zero-order valence-corrected chi connectivity index (χ0v) is 13.1. The van der Waals surface area contributed by atoms with Crippen molar-refractivity contribution in [3.8, 4) is 0 Å². The van der Waals surface area contributed by atoms with Gasteiger partial charge in [-0.3, -0.25) is 9.48 Å². The van der Waals surface area contributed by atoms with Gasteiger partial charge in [0.05, 0.1) is 30.3 Å². The average molecular weight is 317 g/mol. The summed E-state index contributed by atoms with van der Waals surface area (Å²) in [5.74, 6) is 1.28. The molecule has 1 unspecified atom stereocenters. The molecule has 22 heavy (non-hydrogen) atoms. The van der Waals surface area contributed by atoms with Crippen molar-refractivity contribution in [2.75, 3.05) is 24.3 Å². The summed E-state index contributed by atoms with van der Waals surface area (Å²) in [6.45, 7) is 1.48. The maximum Gasteiger partial charge on any atom is 0.234 e. The van der Waals surface area contributed by atoms with E-state index in [-0.39, 0.29) is 11.9 Å². The number of carbonyl (C=O) groups excluding carboxylic acids is 1. The maximum absolute atomic E-state index is 11.9. The van der Waals surface area contributed by atoms with Crippen LogP contribution in [0, 0.1) is 0 Å². The average Bonchev–Trinajstić information content (AvgIpc) is 3.19. The van der Waals surface area contributed by atoms with Crippen LogP contribution in [0.25, 0.3) is 0 Å². The first-order valence-corrected chi connectivity index (χ1v) is 8.50. The van der Waals surface area contributed by atoms with Crippen molar-refractivity contribution < 1.29 is 9.53 Å². The van der Waals surface area contributed by atoms with E-state index in [1.165, 1.54) is 5.56 Å². The van der Waals surface area contributed by atoms with Gasteiger partial charge >= 0.3 is 0 Å². The van der Waals surface area contributed by atoms with Crippen molar-refractivity contribution in [3.63, 3.8) is 0 Å². The third-order valence-corrected chi connectivity index (χ3v) is 4.51. The minimum absolute atomic E-state index is 0.00292. The van der Waals surface area contributed by atoms with E-state index in [9.17, 15) is 4.79 Å². The van der Waals surface area contributed by atoms with Gasteiger partial charge in [-0.1, -0.05) is 30.3 Å². The first-order valence-electron chi connectivity index (χ1n) is 7.35. The Bertz CT molecular complexity index is 609. The van der Waals surface area contributed by atoms with E-state index in [4.69, 9.17) is 4.74 Å². The Hall–Kier alpha value is -1.79. The Morgan fingerprint density at radius 2 is 2.27 bits per heavy atom. The number of anilines is 1. The van der Waals surface area contributed by atoms with Crippen LogP contribution in [0.2, 0.25) is 0 Å². The highest BCUT2D eigenvalue weighted by Crippen LogP contribution is 2.20. The number of hydrogen-bond acceptors (Lipinski definition) is 4. The van der Waals surface area contributed by atoms with Crippen molar-refractivity contribution in [1.82, 2.24) is 9.78 Å². The quantitative estimate of drug-likeness (QED) is 0.890. The van der Waals surface area contributed by atoms with Crippen molar-refractivity contribution in [2.45, 2.75) is 18.2 Å². The standard InChI is InChI=1S/C16H19N3O2S/c20-16(12-22-11-13-4-2-1-3-5-13)18-14-8-17-19(9-14)15-6-7-21-10-15/h1-5,8-9,15H,6-7,10-12H2,(H,18,20). The minimum atomic E-state index is 0.00292. The number of thioether (sulfide) groups is 1. The highest BCUT2D eigenvalue weighted by atomic mass is 32.2. The number of carbonyl (C=O) groups is 1. The highest BCUT2D eigenvalue weighted by Gasteiger charge is 2.18. The molecule has 1 N–H and O–H groups in total. The number of aromatic nitrogens is 2. The molecule has 1 aromatic heterocycles. The monoisotopic (exact) mass is 317 g/mol. The summed E-state index contributed by atoms with van der Waals surface area (Å²) in [6.07, 6.45) is 4.54. The third-order valence-electron chi connectivity index (χ3n) is 3.51. The van der Waals surface area contributed by atoms with Crippen LogP contribution in [0.1, 0.15) is 18.0 Å². The topological polar surface area (TPSA) is 56.2 Å². The lowest BCUT2D eigenvalue weighted by Gasteiger charge is -2.07. The van der Waals surface area contributed by atoms with E-state index in [1.54, 1.807) is 18.0 Å². The van der Waals surface area contributed by atoms with Gasteiger partial charge in [0.1, 0.15) is 0 Å². The molecule has 2 aromatic rings. The molecule has 1 amide bonds. The molecule has 0 saturated carbocycles. The zero-order chi connectivity index (χ0) is 15.2. The summed E-state index contributed by atoms with van der Waals surface area (Å²) in [5, 5.41) is 7.18. The molecule has 1 saturated heterocycles. The Balaban J connectivity index is 1.43. The van der Waals surface area contributed by atoms with Crippen LogP contribution in [0.15, 0.2) is 42.7 Å². The Morgan fingerprint density at radius 3 is 3.05 bits per heavy atom. The van der Waals surface area contributed by atoms with Crippen LogP contribution in [0.5, 0.6) is 0 Å². The van der Waals surface area contributed by atoms with Gasteiger partial charge in [0, 0.05) is 18.6 Å². The Morgan fingerprint density at radius 1 is 1.41 bits per heavy atom. The van der Waals surface area contributed by atoms with Crippen molar-refractivity contribution in [2.24, 2.45) is 0 Å². The van der Waals surface area contributed by atoms with Crippen LogP contribution in [0.3, 0.4) is 0 Å². The Kier molecular flexibility index (Phi) is 5.13. The summed E-state index contributed by atoms with van der Waals surface area (Å²) >= 11 is 1.61. The fraction of sp³-hybridized carbons (Fsp3) is 0.375. The molecule has 0 bridgehead atoms. The van der Waals surface area contributed by atoms with Crippen LogP contribution >= 0.6 is 11.8 Å². The molecule has 1 aliphatic rings. The lowest BCUT2D eigenvalue weighted by molar-refractivity contribution is -0.113. The third kappa shape index (κ3) is 4.11. The molecule has 1 fully saturated rings. The zero-order valence-electron chi connectivity index (χ0n) is 12.3. The highest BCUT2D eigenvalue weighted by molar-refractivity contribution is 7.99. The molecule has 1 aromatic carbocycles. The molecular formula is C16H19N3O2S. The van der Waals surface area contributed by atoms with Gasteiger partial charge in [-0.25, -0.2) is 0 Å². The lowest BCUT2D eigenvalue weighted by atomic mass is 10.2. The van der Waals surface area contributed by atoms with Crippen molar-refractivity contribution in [3.05, 3.63) is 48.3 Å². The van der Waals surface area contributed by atoms with Crippen LogP contribution in [-0.2, 0) is 15.3 Å². The van der Waals surface area contributed by atoms with Crippen LogP contribution < -0.4 is 5.32 Å². The number of ether oxygens (including phenoxy) is 1. The van der Waals surface area contributed by atoms with Crippen LogP contribution in [-0.4, -0.2) is 34.7 Å². The van der Waals surface area contributed by atoms with Crippen molar-refractivity contribution in [1.29, 1.82) is 0 Å². The van der Waals surface area contributed by atoms with E-state index in [1.807, 2.05) is 29.1 Å². The summed E-state index contributed by atoms with van der Waals surface area (Å²) in [5.41, 5.74) is 1.98. The second kappa shape index (κ2) is 7.47. The summed E-state index contributed by atoms with van der Waals surface area (Å²) in [6, 6.07) is 10.4. The number of benzene rings is 1. The van der Waals surface area contributed by atoms with E-state index < -0.39 is 0 Å². The molecule has 5 nitrogen and oxygen atoms in total. The van der Waals surface area contributed by atoms with E-state index in [0.29, 0.717) is 12.4 Å². The Labute approximate surface area is 134 Å². The molecule has 116 valence electrons. The predicted octanol–water partition coefficient (Wildman–Crippen LogP) is 2.72. The fourth-order valence-electron chi connectivity index (χ4n) is 2.37. The smallest absolute Gasteiger partial charge is 0.234 e. The number of rotatable bonds is 6. The first-order chi connectivity index (χ1) is 10.8. The van der Waals surface area contributed by atoms with Gasteiger partial charge in [-0.05, 0) is 12.0 Å².